The molecule has 106 valence electrons. The number of anilines is 1. The van der Waals surface area contributed by atoms with E-state index < -0.39 is 0 Å². The number of morpholine rings is 1. The minimum atomic E-state index is 0.849. The molecular formula is C15H25N3O. The fourth-order valence-corrected chi connectivity index (χ4v) is 2.41. The Morgan fingerprint density at radius 1 is 1.32 bits per heavy atom. The number of hydrogen-bond acceptors (Lipinski definition) is 4. The van der Waals surface area contributed by atoms with Crippen LogP contribution in [-0.4, -0.2) is 55.7 Å². The average molecular weight is 263 g/mol. The van der Waals surface area contributed by atoms with Crippen molar-refractivity contribution in [2.45, 2.75) is 13.5 Å². The second kappa shape index (κ2) is 7.48. The van der Waals surface area contributed by atoms with Crippen LogP contribution >= 0.6 is 0 Å². The third kappa shape index (κ3) is 4.82. The number of nitrogens with two attached hydrogens (primary N) is 1. The van der Waals surface area contributed by atoms with Gasteiger partial charge in [-0.2, -0.15) is 0 Å². The lowest BCUT2D eigenvalue weighted by Crippen LogP contribution is -2.41. The molecule has 0 atom stereocenters. The Bertz CT molecular complexity index is 377. The molecule has 0 spiro atoms. The first-order valence-electron chi connectivity index (χ1n) is 7.15. The minimum absolute atomic E-state index is 0.849. The first-order chi connectivity index (χ1) is 9.28. The van der Waals surface area contributed by atoms with Crippen molar-refractivity contribution < 1.29 is 4.74 Å². The Morgan fingerprint density at radius 2 is 2.11 bits per heavy atom. The van der Waals surface area contributed by atoms with E-state index in [9.17, 15) is 0 Å². The van der Waals surface area contributed by atoms with Gasteiger partial charge in [-0.05, 0) is 24.2 Å². The fraction of sp³-hybridized carbons (Fsp3) is 0.600. The number of ether oxygens (including phenoxy) is 1. The molecule has 0 unspecified atom stereocenters. The molecule has 0 aliphatic carbocycles. The molecule has 1 heterocycles. The number of hydrogen-bond donors (Lipinski definition) is 1. The maximum absolute atomic E-state index is 5.83. The Morgan fingerprint density at radius 3 is 2.79 bits per heavy atom. The van der Waals surface area contributed by atoms with E-state index in [0.29, 0.717) is 0 Å². The average Bonchev–Trinajstić information content (AvgIpc) is 2.44. The normalized spacial score (nSPS) is 16.9. The van der Waals surface area contributed by atoms with E-state index in [4.69, 9.17) is 10.5 Å². The van der Waals surface area contributed by atoms with E-state index in [1.807, 2.05) is 12.1 Å². The molecule has 1 aromatic carbocycles. The Labute approximate surface area is 116 Å². The van der Waals surface area contributed by atoms with Crippen LogP contribution in [0.25, 0.3) is 0 Å². The van der Waals surface area contributed by atoms with Crippen molar-refractivity contribution in [2.75, 3.05) is 51.7 Å². The van der Waals surface area contributed by atoms with Gasteiger partial charge in [0.25, 0.3) is 0 Å². The molecule has 0 radical (unpaired) electrons. The standard InChI is InChI=1S/C15H25N3O/c1-2-17(6-7-18-8-10-19-11-9-18)13-14-4-3-5-15(16)12-14/h3-5,12H,2,6-11,13,16H2,1H3. The molecule has 1 aromatic rings. The van der Waals surface area contributed by atoms with Gasteiger partial charge in [0.05, 0.1) is 13.2 Å². The smallest absolute Gasteiger partial charge is 0.0594 e. The van der Waals surface area contributed by atoms with Crippen molar-refractivity contribution in [3.05, 3.63) is 29.8 Å². The lowest BCUT2D eigenvalue weighted by Gasteiger charge is -2.29. The first-order valence-corrected chi connectivity index (χ1v) is 7.15. The first kappa shape index (κ1) is 14.3. The second-order valence-electron chi connectivity index (χ2n) is 5.07. The van der Waals surface area contributed by atoms with Gasteiger partial charge in [0, 0.05) is 38.4 Å². The summed E-state index contributed by atoms with van der Waals surface area (Å²) >= 11 is 0. The van der Waals surface area contributed by atoms with Crippen molar-refractivity contribution in [1.82, 2.24) is 9.80 Å². The van der Waals surface area contributed by atoms with Gasteiger partial charge in [-0.1, -0.05) is 19.1 Å². The summed E-state index contributed by atoms with van der Waals surface area (Å²) in [4.78, 5) is 4.94. The van der Waals surface area contributed by atoms with Crippen molar-refractivity contribution in [2.24, 2.45) is 0 Å². The van der Waals surface area contributed by atoms with Gasteiger partial charge in [-0.3, -0.25) is 9.80 Å². The van der Waals surface area contributed by atoms with E-state index in [1.54, 1.807) is 0 Å². The van der Waals surface area contributed by atoms with E-state index in [1.165, 1.54) is 5.56 Å². The number of benzene rings is 1. The van der Waals surface area contributed by atoms with Crippen LogP contribution in [-0.2, 0) is 11.3 Å². The van der Waals surface area contributed by atoms with E-state index in [-0.39, 0.29) is 0 Å². The van der Waals surface area contributed by atoms with Crippen LogP contribution in [0.3, 0.4) is 0 Å². The molecule has 19 heavy (non-hydrogen) atoms. The molecule has 1 aliphatic rings. The van der Waals surface area contributed by atoms with Crippen LogP contribution in [0.15, 0.2) is 24.3 Å². The van der Waals surface area contributed by atoms with Gasteiger partial charge in [-0.25, -0.2) is 0 Å². The Hall–Kier alpha value is -1.10. The lowest BCUT2D eigenvalue weighted by molar-refractivity contribution is 0.0332. The highest BCUT2D eigenvalue weighted by molar-refractivity contribution is 5.40. The summed E-state index contributed by atoms with van der Waals surface area (Å²) in [5, 5.41) is 0. The molecule has 1 fully saturated rings. The van der Waals surface area contributed by atoms with Gasteiger partial charge >= 0.3 is 0 Å². The highest BCUT2D eigenvalue weighted by Crippen LogP contribution is 2.09. The highest BCUT2D eigenvalue weighted by atomic mass is 16.5. The molecular weight excluding hydrogens is 238 g/mol. The number of likely N-dealkylation sites (N-methyl/N-ethyl adjacent to an activating group) is 1. The molecule has 4 heteroatoms. The third-order valence-electron chi connectivity index (χ3n) is 3.64. The molecule has 1 aliphatic heterocycles. The molecule has 2 N–H and O–H groups in total. The van der Waals surface area contributed by atoms with E-state index in [2.05, 4.69) is 28.9 Å². The number of rotatable bonds is 6. The monoisotopic (exact) mass is 263 g/mol. The second-order valence-corrected chi connectivity index (χ2v) is 5.07. The van der Waals surface area contributed by atoms with E-state index >= 15 is 0 Å². The zero-order valence-corrected chi connectivity index (χ0v) is 11.8. The van der Waals surface area contributed by atoms with Crippen molar-refractivity contribution >= 4 is 5.69 Å². The molecule has 1 saturated heterocycles. The minimum Gasteiger partial charge on any atom is -0.399 e. The number of nitrogens with zero attached hydrogens (tertiary/aromatic N) is 2. The maximum atomic E-state index is 5.83. The van der Waals surface area contributed by atoms with Crippen LogP contribution in [0.4, 0.5) is 5.69 Å². The predicted molar refractivity (Wildman–Crippen MR) is 79.1 cm³/mol. The maximum Gasteiger partial charge on any atom is 0.0594 e. The van der Waals surface area contributed by atoms with Crippen LogP contribution in [0.5, 0.6) is 0 Å². The van der Waals surface area contributed by atoms with Crippen molar-refractivity contribution in [3.63, 3.8) is 0 Å². The third-order valence-corrected chi connectivity index (χ3v) is 3.64. The summed E-state index contributed by atoms with van der Waals surface area (Å²) in [7, 11) is 0. The van der Waals surface area contributed by atoms with Crippen LogP contribution in [0.1, 0.15) is 12.5 Å². The summed E-state index contributed by atoms with van der Waals surface area (Å²) in [6, 6.07) is 8.18. The largest absolute Gasteiger partial charge is 0.399 e. The molecule has 4 nitrogen and oxygen atoms in total. The zero-order valence-electron chi connectivity index (χ0n) is 11.8. The van der Waals surface area contributed by atoms with Gasteiger partial charge in [0.15, 0.2) is 0 Å². The highest BCUT2D eigenvalue weighted by Gasteiger charge is 2.11. The van der Waals surface area contributed by atoms with Gasteiger partial charge in [-0.15, -0.1) is 0 Å². The summed E-state index contributed by atoms with van der Waals surface area (Å²) < 4.78 is 5.37. The van der Waals surface area contributed by atoms with Crippen LogP contribution in [0, 0.1) is 0 Å². The van der Waals surface area contributed by atoms with Crippen LogP contribution in [0.2, 0.25) is 0 Å². The predicted octanol–water partition coefficient (Wildman–Crippen LogP) is 1.42. The molecule has 0 bridgehead atoms. The Balaban J connectivity index is 1.79. The number of nitrogen functional groups attached to an aromatic ring is 1. The Kier molecular flexibility index (Phi) is 5.63. The van der Waals surface area contributed by atoms with Gasteiger partial charge in [0.1, 0.15) is 0 Å². The van der Waals surface area contributed by atoms with Crippen LogP contribution < -0.4 is 5.73 Å². The fourth-order valence-electron chi connectivity index (χ4n) is 2.41. The topological polar surface area (TPSA) is 41.7 Å². The molecule has 0 amide bonds. The quantitative estimate of drug-likeness (QED) is 0.788. The van der Waals surface area contributed by atoms with Crippen molar-refractivity contribution in [3.8, 4) is 0 Å². The summed E-state index contributed by atoms with van der Waals surface area (Å²) in [6.45, 7) is 10.4. The SMILES string of the molecule is CCN(CCN1CCOCC1)Cc1cccc(N)c1. The molecule has 0 aromatic heterocycles. The van der Waals surface area contributed by atoms with Gasteiger partial charge < -0.3 is 10.5 Å². The molecule has 2 rings (SSSR count). The van der Waals surface area contributed by atoms with Gasteiger partial charge in [0.2, 0.25) is 0 Å². The molecule has 0 saturated carbocycles. The summed E-state index contributed by atoms with van der Waals surface area (Å²) in [6.07, 6.45) is 0. The zero-order chi connectivity index (χ0) is 13.5. The van der Waals surface area contributed by atoms with E-state index in [0.717, 1.165) is 58.2 Å². The lowest BCUT2D eigenvalue weighted by atomic mass is 10.2. The summed E-state index contributed by atoms with van der Waals surface area (Å²) in [5.74, 6) is 0. The summed E-state index contributed by atoms with van der Waals surface area (Å²) in [5.41, 5.74) is 7.97. The van der Waals surface area contributed by atoms with Crippen molar-refractivity contribution in [1.29, 1.82) is 0 Å².